The van der Waals surface area contributed by atoms with Crippen LogP contribution >= 0.6 is 0 Å². The van der Waals surface area contributed by atoms with Crippen LogP contribution in [0.5, 0.6) is 0 Å². The minimum atomic E-state index is 0.243. The normalized spacial score (nSPS) is 14.0. The number of hydrogen-bond acceptors (Lipinski definition) is 4. The van der Waals surface area contributed by atoms with Crippen molar-refractivity contribution < 1.29 is 4.79 Å². The van der Waals surface area contributed by atoms with Gasteiger partial charge in [0.2, 0.25) is 0 Å². The highest BCUT2D eigenvalue weighted by Crippen LogP contribution is 2.31. The highest BCUT2D eigenvalue weighted by Gasteiger charge is 2.30. The van der Waals surface area contributed by atoms with Gasteiger partial charge in [0.25, 0.3) is 0 Å². The van der Waals surface area contributed by atoms with Crippen LogP contribution in [0.1, 0.15) is 24.2 Å². The van der Waals surface area contributed by atoms with Crippen LogP contribution in [0.4, 0.5) is 5.69 Å². The standard InChI is InChI=1S/C20H22N4O/c1-13-11-15(9-10-16(13)23(2)3)17-5-4-6-20-21-19(22-24(17)20)12-18(25)14-7-8-14/h4-6,9-11,14H,7-8,12H2,1-3H3. The number of carbonyl (C=O) groups is 1. The highest BCUT2D eigenvalue weighted by molar-refractivity contribution is 5.84. The monoisotopic (exact) mass is 334 g/mol. The van der Waals surface area contributed by atoms with Gasteiger partial charge in [-0.15, -0.1) is 0 Å². The third-order valence-electron chi connectivity index (χ3n) is 4.74. The molecule has 0 spiro atoms. The first-order valence-corrected chi connectivity index (χ1v) is 8.68. The zero-order valence-electron chi connectivity index (χ0n) is 14.9. The highest BCUT2D eigenvalue weighted by atomic mass is 16.1. The molecule has 0 N–H and O–H groups in total. The summed E-state index contributed by atoms with van der Waals surface area (Å²) < 4.78 is 1.85. The van der Waals surface area contributed by atoms with Crippen LogP contribution in [0.25, 0.3) is 16.9 Å². The number of rotatable bonds is 5. The van der Waals surface area contributed by atoms with Gasteiger partial charge in [0.15, 0.2) is 11.5 Å². The summed E-state index contributed by atoms with van der Waals surface area (Å²) in [4.78, 5) is 18.7. The van der Waals surface area contributed by atoms with Gasteiger partial charge >= 0.3 is 0 Å². The smallest absolute Gasteiger partial charge is 0.159 e. The summed E-state index contributed by atoms with van der Waals surface area (Å²) >= 11 is 0. The molecule has 4 rings (SSSR count). The minimum Gasteiger partial charge on any atom is -0.377 e. The third kappa shape index (κ3) is 3.02. The van der Waals surface area contributed by atoms with Gasteiger partial charge in [-0.05, 0) is 49.6 Å². The Kier molecular flexibility index (Phi) is 3.79. The average Bonchev–Trinajstić information content (AvgIpc) is 3.34. The van der Waals surface area contributed by atoms with Gasteiger partial charge in [-0.25, -0.2) is 9.50 Å². The van der Waals surface area contributed by atoms with Gasteiger partial charge in [-0.1, -0.05) is 12.1 Å². The Labute approximate surface area is 147 Å². The molecule has 25 heavy (non-hydrogen) atoms. The zero-order chi connectivity index (χ0) is 17.6. The van der Waals surface area contributed by atoms with E-state index in [2.05, 4.69) is 40.1 Å². The molecule has 0 bridgehead atoms. The molecule has 5 nitrogen and oxygen atoms in total. The van der Waals surface area contributed by atoms with E-state index in [1.54, 1.807) is 0 Å². The Bertz CT molecular complexity index is 953. The molecule has 0 saturated heterocycles. The fraction of sp³-hybridized carbons (Fsp3) is 0.350. The Hall–Kier alpha value is -2.69. The number of pyridine rings is 1. The number of ketones is 1. The van der Waals surface area contributed by atoms with Crippen molar-refractivity contribution in [3.05, 3.63) is 47.8 Å². The first kappa shape index (κ1) is 15.8. The molecular formula is C20H22N4O. The fourth-order valence-corrected chi connectivity index (χ4v) is 3.27. The van der Waals surface area contributed by atoms with Gasteiger partial charge in [-0.2, -0.15) is 5.10 Å². The first-order valence-electron chi connectivity index (χ1n) is 8.68. The molecular weight excluding hydrogens is 312 g/mol. The number of carbonyl (C=O) groups excluding carboxylic acids is 1. The van der Waals surface area contributed by atoms with E-state index in [9.17, 15) is 4.79 Å². The molecule has 2 aromatic heterocycles. The van der Waals surface area contributed by atoms with Gasteiger partial charge in [0, 0.05) is 31.3 Å². The largest absolute Gasteiger partial charge is 0.377 e. The average molecular weight is 334 g/mol. The maximum Gasteiger partial charge on any atom is 0.159 e. The summed E-state index contributed by atoms with van der Waals surface area (Å²) in [6, 6.07) is 12.4. The molecule has 0 amide bonds. The van der Waals surface area contributed by atoms with Crippen molar-refractivity contribution in [2.75, 3.05) is 19.0 Å². The fourth-order valence-electron chi connectivity index (χ4n) is 3.27. The summed E-state index contributed by atoms with van der Waals surface area (Å²) in [6.45, 7) is 2.11. The topological polar surface area (TPSA) is 50.5 Å². The molecule has 1 aromatic carbocycles. The number of aromatic nitrogens is 3. The first-order chi connectivity index (χ1) is 12.0. The van der Waals surface area contributed by atoms with E-state index in [1.807, 2.05) is 36.8 Å². The van der Waals surface area contributed by atoms with Crippen molar-refractivity contribution in [3.8, 4) is 11.3 Å². The van der Waals surface area contributed by atoms with Crippen molar-refractivity contribution >= 4 is 17.1 Å². The molecule has 0 unspecified atom stereocenters. The van der Waals surface area contributed by atoms with E-state index < -0.39 is 0 Å². The lowest BCUT2D eigenvalue weighted by Gasteiger charge is -2.16. The molecule has 1 aliphatic carbocycles. The van der Waals surface area contributed by atoms with E-state index in [1.165, 1.54) is 11.3 Å². The number of fused-ring (bicyclic) bond motifs is 1. The molecule has 1 saturated carbocycles. The molecule has 1 fully saturated rings. The summed E-state index contributed by atoms with van der Waals surface area (Å²) in [5.74, 6) is 1.13. The van der Waals surface area contributed by atoms with Gasteiger partial charge < -0.3 is 4.90 Å². The van der Waals surface area contributed by atoms with E-state index in [4.69, 9.17) is 0 Å². The van der Waals surface area contributed by atoms with Crippen LogP contribution in [0.15, 0.2) is 36.4 Å². The molecule has 1 aliphatic rings. The lowest BCUT2D eigenvalue weighted by molar-refractivity contribution is -0.119. The van der Waals surface area contributed by atoms with Crippen molar-refractivity contribution in [3.63, 3.8) is 0 Å². The van der Waals surface area contributed by atoms with Crippen LogP contribution in [0, 0.1) is 12.8 Å². The maximum absolute atomic E-state index is 12.1. The predicted octanol–water partition coefficient (Wildman–Crippen LogP) is 3.29. The second-order valence-corrected chi connectivity index (χ2v) is 7.02. The van der Waals surface area contributed by atoms with Crippen LogP contribution in [0.2, 0.25) is 0 Å². The molecule has 0 atom stereocenters. The second kappa shape index (κ2) is 5.99. The maximum atomic E-state index is 12.1. The van der Waals surface area contributed by atoms with Crippen molar-refractivity contribution in [2.24, 2.45) is 5.92 Å². The summed E-state index contributed by atoms with van der Waals surface area (Å²) in [6.07, 6.45) is 2.38. The molecule has 0 aliphatic heterocycles. The molecule has 128 valence electrons. The zero-order valence-corrected chi connectivity index (χ0v) is 14.9. The second-order valence-electron chi connectivity index (χ2n) is 7.02. The molecule has 3 aromatic rings. The number of nitrogens with zero attached hydrogens (tertiary/aromatic N) is 4. The Morgan fingerprint density at radius 3 is 2.72 bits per heavy atom. The lowest BCUT2D eigenvalue weighted by Crippen LogP contribution is -2.10. The van der Waals surface area contributed by atoms with E-state index >= 15 is 0 Å². The number of hydrogen-bond donors (Lipinski definition) is 0. The SMILES string of the molecule is Cc1cc(-c2cccc3nc(CC(=O)C4CC4)nn23)ccc1N(C)C. The third-order valence-corrected chi connectivity index (χ3v) is 4.74. The quantitative estimate of drug-likeness (QED) is 0.718. The Balaban J connectivity index is 1.73. The van der Waals surface area contributed by atoms with E-state index in [-0.39, 0.29) is 11.7 Å². The van der Waals surface area contributed by atoms with E-state index in [0.717, 1.165) is 29.7 Å². The van der Waals surface area contributed by atoms with Crippen LogP contribution in [-0.2, 0) is 11.2 Å². The van der Waals surface area contributed by atoms with Crippen molar-refractivity contribution in [2.45, 2.75) is 26.2 Å². The number of aryl methyl sites for hydroxylation is 1. The summed E-state index contributed by atoms with van der Waals surface area (Å²) in [7, 11) is 4.09. The Morgan fingerprint density at radius 1 is 1.24 bits per heavy atom. The predicted molar refractivity (Wildman–Crippen MR) is 98.9 cm³/mol. The van der Waals surface area contributed by atoms with Crippen molar-refractivity contribution in [1.82, 2.24) is 14.6 Å². The van der Waals surface area contributed by atoms with E-state index in [0.29, 0.717) is 12.2 Å². The Morgan fingerprint density at radius 2 is 2.04 bits per heavy atom. The van der Waals surface area contributed by atoms with Gasteiger partial charge in [-0.3, -0.25) is 4.79 Å². The van der Waals surface area contributed by atoms with Gasteiger partial charge in [0.05, 0.1) is 12.1 Å². The number of anilines is 1. The summed E-state index contributed by atoms with van der Waals surface area (Å²) in [5, 5.41) is 4.60. The van der Waals surface area contributed by atoms with Gasteiger partial charge in [0.1, 0.15) is 5.78 Å². The number of benzene rings is 1. The number of Topliss-reactive ketones (excluding diaryl/α,β-unsaturated/α-hetero) is 1. The molecule has 0 radical (unpaired) electrons. The van der Waals surface area contributed by atoms with Crippen molar-refractivity contribution in [1.29, 1.82) is 0 Å². The molecule has 5 heteroatoms. The van der Waals surface area contributed by atoms with Crippen LogP contribution in [0.3, 0.4) is 0 Å². The van der Waals surface area contributed by atoms with Crippen LogP contribution < -0.4 is 4.90 Å². The lowest BCUT2D eigenvalue weighted by atomic mass is 10.1. The minimum absolute atomic E-state index is 0.243. The van der Waals surface area contributed by atoms with Crippen LogP contribution in [-0.4, -0.2) is 34.5 Å². The molecule has 2 heterocycles. The summed E-state index contributed by atoms with van der Waals surface area (Å²) in [5.41, 5.74) is 5.28.